The number of hydrogen-bond acceptors (Lipinski definition) is 4. The van der Waals surface area contributed by atoms with Gasteiger partial charge in [-0.15, -0.1) is 0 Å². The molecule has 0 fully saturated rings. The maximum atomic E-state index is 11.0. The van der Waals surface area contributed by atoms with Crippen molar-refractivity contribution in [3.63, 3.8) is 0 Å². The normalized spacial score (nSPS) is 11.9. The van der Waals surface area contributed by atoms with Crippen molar-refractivity contribution in [1.29, 1.82) is 0 Å². The van der Waals surface area contributed by atoms with Gasteiger partial charge in [0.2, 0.25) is 0 Å². The van der Waals surface area contributed by atoms with Gasteiger partial charge in [0.25, 0.3) is 0 Å². The molecule has 0 aliphatic carbocycles. The minimum Gasteiger partial charge on any atom is -0.481 e. The van der Waals surface area contributed by atoms with Gasteiger partial charge in [-0.1, -0.05) is 104 Å². The summed E-state index contributed by atoms with van der Waals surface area (Å²) >= 11 is 0. The van der Waals surface area contributed by atoms with E-state index in [2.05, 4.69) is 13.8 Å². The van der Waals surface area contributed by atoms with Gasteiger partial charge in [-0.05, 0) is 31.6 Å². The second-order valence-corrected chi connectivity index (χ2v) is 9.38. The lowest BCUT2D eigenvalue weighted by atomic mass is 9.91. The molecule has 32 heavy (non-hydrogen) atoms. The molecule has 4 N–H and O–H groups in total. The fourth-order valence-corrected chi connectivity index (χ4v) is 4.00. The smallest absolute Gasteiger partial charge is 0.303 e. The zero-order valence-corrected chi connectivity index (χ0v) is 21.4. The number of aliphatic carboxylic acids is 1. The Bertz CT molecular complexity index is 358. The Morgan fingerprint density at radius 2 is 0.938 bits per heavy atom. The Kier molecular flexibility index (Phi) is 29.7. The molecule has 0 aliphatic rings. The van der Waals surface area contributed by atoms with Crippen LogP contribution in [0.15, 0.2) is 0 Å². The molecule has 0 heterocycles. The average molecular weight is 461 g/mol. The van der Waals surface area contributed by atoms with Crippen molar-refractivity contribution in [2.45, 2.75) is 136 Å². The largest absolute Gasteiger partial charge is 0.481 e. The Labute approximate surface area is 199 Å². The summed E-state index contributed by atoms with van der Waals surface area (Å²) in [4.78, 5) is 11.0. The van der Waals surface area contributed by atoms with Crippen molar-refractivity contribution in [2.24, 2.45) is 11.8 Å². The Balaban J connectivity index is 0. The van der Waals surface area contributed by atoms with E-state index in [0.29, 0.717) is 25.2 Å². The van der Waals surface area contributed by atoms with Crippen LogP contribution in [0.5, 0.6) is 0 Å². The van der Waals surface area contributed by atoms with E-state index in [1.54, 1.807) is 0 Å². The summed E-state index contributed by atoms with van der Waals surface area (Å²) in [5, 5.41) is 34.4. The molecule has 0 aromatic rings. The number of unbranched alkanes of at least 4 members (excludes halogenated alkanes) is 12. The van der Waals surface area contributed by atoms with E-state index in [-0.39, 0.29) is 25.7 Å². The number of aliphatic hydroxyl groups is 3. The van der Waals surface area contributed by atoms with Crippen LogP contribution in [-0.2, 0) is 4.79 Å². The van der Waals surface area contributed by atoms with Gasteiger partial charge in [0.1, 0.15) is 0 Å². The molecule has 0 aliphatic heterocycles. The average Bonchev–Trinajstić information content (AvgIpc) is 2.78. The first-order valence-corrected chi connectivity index (χ1v) is 13.6. The molecule has 194 valence electrons. The monoisotopic (exact) mass is 460 g/mol. The zero-order valence-electron chi connectivity index (χ0n) is 21.4. The first-order valence-electron chi connectivity index (χ1n) is 13.6. The zero-order chi connectivity index (χ0) is 24.3. The highest BCUT2D eigenvalue weighted by Crippen LogP contribution is 2.22. The number of carboxylic acids is 1. The predicted octanol–water partition coefficient (Wildman–Crippen LogP) is 6.72. The van der Waals surface area contributed by atoms with E-state index in [4.69, 9.17) is 20.4 Å². The molecule has 0 saturated heterocycles. The first kappa shape index (κ1) is 33.5. The topological polar surface area (TPSA) is 98.0 Å². The second kappa shape index (κ2) is 28.4. The van der Waals surface area contributed by atoms with Gasteiger partial charge in [0.15, 0.2) is 0 Å². The lowest BCUT2D eigenvalue weighted by Crippen LogP contribution is -2.11. The molecule has 0 bridgehead atoms. The molecule has 0 aromatic carbocycles. The second-order valence-electron chi connectivity index (χ2n) is 9.38. The lowest BCUT2D eigenvalue weighted by molar-refractivity contribution is -0.138. The fraction of sp³-hybridized carbons (Fsp3) is 0.963. The highest BCUT2D eigenvalue weighted by Gasteiger charge is 2.12. The molecule has 0 aromatic heterocycles. The third-order valence-electron chi connectivity index (χ3n) is 6.18. The molecule has 5 heteroatoms. The van der Waals surface area contributed by atoms with E-state index >= 15 is 0 Å². The minimum atomic E-state index is -0.611. The van der Waals surface area contributed by atoms with Crippen molar-refractivity contribution in [3.05, 3.63) is 0 Å². The van der Waals surface area contributed by atoms with E-state index < -0.39 is 5.97 Å². The number of carbonyl (C=O) groups is 1. The minimum absolute atomic E-state index is 0.0104. The Hall–Kier alpha value is -0.650. The van der Waals surface area contributed by atoms with Crippen LogP contribution in [0.2, 0.25) is 0 Å². The molecule has 5 nitrogen and oxygen atoms in total. The van der Waals surface area contributed by atoms with Gasteiger partial charge in [0, 0.05) is 32.2 Å². The molecular formula is C27H56O5. The number of rotatable bonds is 23. The van der Waals surface area contributed by atoms with Crippen molar-refractivity contribution in [3.8, 4) is 0 Å². The van der Waals surface area contributed by atoms with Crippen molar-refractivity contribution in [1.82, 2.24) is 0 Å². The summed E-state index contributed by atoms with van der Waals surface area (Å²) < 4.78 is 0. The highest BCUT2D eigenvalue weighted by atomic mass is 16.4. The first-order chi connectivity index (χ1) is 15.5. The maximum Gasteiger partial charge on any atom is 0.303 e. The van der Waals surface area contributed by atoms with Crippen LogP contribution in [0.3, 0.4) is 0 Å². The predicted molar refractivity (Wildman–Crippen MR) is 135 cm³/mol. The summed E-state index contributed by atoms with van der Waals surface area (Å²) in [5.74, 6) is -0.239. The van der Waals surface area contributed by atoms with Crippen LogP contribution in [0.1, 0.15) is 136 Å². The molecule has 0 radical (unpaired) electrons. The molecule has 0 rings (SSSR count). The van der Waals surface area contributed by atoms with E-state index in [0.717, 1.165) is 12.8 Å². The molecule has 1 atom stereocenters. The number of carboxylic acid groups (broad SMARTS) is 1. The van der Waals surface area contributed by atoms with Gasteiger partial charge in [0.05, 0.1) is 0 Å². The van der Waals surface area contributed by atoms with E-state index in [9.17, 15) is 4.79 Å². The summed E-state index contributed by atoms with van der Waals surface area (Å²) in [6.45, 7) is 4.66. The van der Waals surface area contributed by atoms with Gasteiger partial charge < -0.3 is 20.4 Å². The third-order valence-corrected chi connectivity index (χ3v) is 6.18. The van der Waals surface area contributed by atoms with Crippen LogP contribution >= 0.6 is 0 Å². The van der Waals surface area contributed by atoms with Crippen LogP contribution < -0.4 is 0 Å². The fourth-order valence-electron chi connectivity index (χ4n) is 4.00. The Morgan fingerprint density at radius 3 is 1.28 bits per heavy atom. The van der Waals surface area contributed by atoms with Gasteiger partial charge in [-0.25, -0.2) is 0 Å². The summed E-state index contributed by atoms with van der Waals surface area (Å²) in [5.41, 5.74) is 0. The summed E-state index contributed by atoms with van der Waals surface area (Å²) in [6, 6.07) is 0. The van der Waals surface area contributed by atoms with E-state index in [1.807, 2.05) is 0 Å². The van der Waals surface area contributed by atoms with Crippen molar-refractivity contribution >= 4 is 5.97 Å². The van der Waals surface area contributed by atoms with Crippen molar-refractivity contribution in [2.75, 3.05) is 19.8 Å². The summed E-state index contributed by atoms with van der Waals surface area (Å²) in [6.07, 6.45) is 22.5. The molecule has 0 amide bonds. The number of hydrogen-bond donors (Lipinski definition) is 4. The van der Waals surface area contributed by atoms with E-state index in [1.165, 1.54) is 89.9 Å². The van der Waals surface area contributed by atoms with Gasteiger partial charge in [-0.3, -0.25) is 4.79 Å². The van der Waals surface area contributed by atoms with Crippen LogP contribution in [0.4, 0.5) is 0 Å². The van der Waals surface area contributed by atoms with Crippen LogP contribution in [0.25, 0.3) is 0 Å². The maximum absolute atomic E-state index is 11.0. The van der Waals surface area contributed by atoms with Crippen LogP contribution in [0, 0.1) is 11.8 Å². The molecular weight excluding hydrogens is 404 g/mol. The SMILES string of the molecule is CCCCCCCCCCC(CCCCCCCC)CC(=O)O.OCCCC(CO)CO. The standard InChI is InChI=1S/C21H42O2.C6H14O3/c1-3-5-7-9-11-12-14-16-18-20(19-21(22)23)17-15-13-10-8-6-4-2;7-3-1-2-6(4-8)5-9/h20H,3-19H2,1-2H3,(H,22,23);6-9H,1-5H2. The molecule has 1 unspecified atom stereocenters. The molecule has 0 spiro atoms. The highest BCUT2D eigenvalue weighted by molar-refractivity contribution is 5.66. The van der Waals surface area contributed by atoms with Gasteiger partial charge in [-0.2, -0.15) is 0 Å². The van der Waals surface area contributed by atoms with Gasteiger partial charge >= 0.3 is 5.97 Å². The quantitative estimate of drug-likeness (QED) is 0.127. The lowest BCUT2D eigenvalue weighted by Gasteiger charge is -2.14. The molecule has 0 saturated carbocycles. The third kappa shape index (κ3) is 27.4. The van der Waals surface area contributed by atoms with Crippen LogP contribution in [-0.4, -0.2) is 46.2 Å². The summed E-state index contributed by atoms with van der Waals surface area (Å²) in [7, 11) is 0. The Morgan fingerprint density at radius 1 is 0.562 bits per heavy atom. The number of aliphatic hydroxyl groups excluding tert-OH is 3. The van der Waals surface area contributed by atoms with Crippen molar-refractivity contribution < 1.29 is 25.2 Å².